The molecule has 17 heavy (non-hydrogen) atoms. The van der Waals surface area contributed by atoms with Gasteiger partial charge in [-0.3, -0.25) is 0 Å². The Morgan fingerprint density at radius 2 is 1.82 bits per heavy atom. The molecule has 0 spiro atoms. The minimum atomic E-state index is -0.160. The fourth-order valence-electron chi connectivity index (χ4n) is 1.42. The molecule has 3 rings (SSSR count). The quantitative estimate of drug-likeness (QED) is 0.628. The molecule has 0 amide bonds. The number of benzene rings is 1. The highest BCUT2D eigenvalue weighted by Crippen LogP contribution is 2.38. The number of anilines is 1. The van der Waals surface area contributed by atoms with Crippen LogP contribution in [-0.4, -0.2) is 20.2 Å². The zero-order valence-corrected chi connectivity index (χ0v) is 10.0. The summed E-state index contributed by atoms with van der Waals surface area (Å²) in [5.74, 6) is 0.0429. The summed E-state index contributed by atoms with van der Waals surface area (Å²) in [5, 5.41) is 20.2. The maximum atomic E-state index is 9.36. The van der Waals surface area contributed by atoms with Gasteiger partial charge in [-0.25, -0.2) is 4.98 Å². The van der Waals surface area contributed by atoms with Crippen molar-refractivity contribution < 1.29 is 10.2 Å². The third-order valence-corrected chi connectivity index (χ3v) is 4.22. The Bertz CT molecular complexity index is 685. The van der Waals surface area contributed by atoms with Gasteiger partial charge in [-0.15, -0.1) is 11.3 Å². The average molecular weight is 265 g/mol. The lowest BCUT2D eigenvalue weighted by Gasteiger charge is -1.87. The standard InChI is InChI=1S/C10H7N3O2S2/c11-7-8(15)13-10(17-7)9-12-5-2-1-4(14)3-6(5)16-9/h1-3,14-15H,11H2. The zero-order chi connectivity index (χ0) is 12.0. The number of hydrogen-bond acceptors (Lipinski definition) is 7. The van der Waals surface area contributed by atoms with Crippen LogP contribution in [0.25, 0.3) is 20.2 Å². The molecule has 2 heterocycles. The molecule has 0 bridgehead atoms. The van der Waals surface area contributed by atoms with Gasteiger partial charge in [0.1, 0.15) is 5.75 Å². The minimum Gasteiger partial charge on any atom is -0.508 e. The molecule has 0 unspecified atom stereocenters. The van der Waals surface area contributed by atoms with E-state index in [0.29, 0.717) is 10.0 Å². The van der Waals surface area contributed by atoms with Crippen molar-refractivity contribution in [3.05, 3.63) is 18.2 Å². The lowest BCUT2D eigenvalue weighted by Crippen LogP contribution is -1.76. The maximum absolute atomic E-state index is 9.36. The predicted molar refractivity (Wildman–Crippen MR) is 68.5 cm³/mol. The molecule has 4 N–H and O–H groups in total. The van der Waals surface area contributed by atoms with Gasteiger partial charge in [-0.2, -0.15) is 4.98 Å². The molecule has 1 aromatic carbocycles. The molecule has 0 aliphatic heterocycles. The highest BCUT2D eigenvalue weighted by Gasteiger charge is 2.13. The number of phenols is 1. The number of thiazole rings is 2. The Balaban J connectivity index is 2.17. The Morgan fingerprint density at radius 3 is 2.53 bits per heavy atom. The van der Waals surface area contributed by atoms with Gasteiger partial charge >= 0.3 is 0 Å². The normalized spacial score (nSPS) is 11.1. The monoisotopic (exact) mass is 265 g/mol. The van der Waals surface area contributed by atoms with Crippen LogP contribution in [0.3, 0.4) is 0 Å². The number of fused-ring (bicyclic) bond motifs is 1. The summed E-state index contributed by atoms with van der Waals surface area (Å²) in [6, 6.07) is 4.97. The number of rotatable bonds is 1. The van der Waals surface area contributed by atoms with Crippen molar-refractivity contribution in [1.29, 1.82) is 0 Å². The summed E-state index contributed by atoms with van der Waals surface area (Å²) in [5.41, 5.74) is 6.33. The van der Waals surface area contributed by atoms with Crippen LogP contribution in [-0.2, 0) is 0 Å². The second-order valence-electron chi connectivity index (χ2n) is 3.38. The average Bonchev–Trinajstić information content (AvgIpc) is 2.83. The fraction of sp³-hybridized carbons (Fsp3) is 0. The summed E-state index contributed by atoms with van der Waals surface area (Å²) in [7, 11) is 0. The van der Waals surface area contributed by atoms with Crippen molar-refractivity contribution in [3.63, 3.8) is 0 Å². The second-order valence-corrected chi connectivity index (χ2v) is 5.44. The van der Waals surface area contributed by atoms with Crippen molar-refractivity contribution in [2.45, 2.75) is 0 Å². The van der Waals surface area contributed by atoms with E-state index in [1.807, 2.05) is 0 Å². The molecule has 0 radical (unpaired) electrons. The van der Waals surface area contributed by atoms with Crippen LogP contribution in [0.2, 0.25) is 0 Å². The Hall–Kier alpha value is -1.86. The molecule has 3 aromatic rings. The first kappa shape index (κ1) is 10.3. The van der Waals surface area contributed by atoms with Crippen LogP contribution >= 0.6 is 22.7 Å². The molecular formula is C10H7N3O2S2. The number of nitrogen functional groups attached to an aromatic ring is 1. The van der Waals surface area contributed by atoms with Crippen molar-refractivity contribution in [2.24, 2.45) is 0 Å². The van der Waals surface area contributed by atoms with Gasteiger partial charge in [-0.05, 0) is 18.2 Å². The molecule has 0 atom stereocenters. The highest BCUT2D eigenvalue weighted by molar-refractivity contribution is 7.26. The van der Waals surface area contributed by atoms with E-state index in [-0.39, 0.29) is 16.6 Å². The Labute approximate surface area is 104 Å². The molecular weight excluding hydrogens is 258 g/mol. The van der Waals surface area contributed by atoms with E-state index in [1.165, 1.54) is 22.7 Å². The number of phenolic OH excluding ortho intramolecular Hbond substituents is 1. The molecule has 7 heteroatoms. The maximum Gasteiger partial charge on any atom is 0.247 e. The van der Waals surface area contributed by atoms with Crippen LogP contribution in [0.1, 0.15) is 0 Å². The summed E-state index contributed by atoms with van der Waals surface area (Å²) in [4.78, 5) is 8.30. The van der Waals surface area contributed by atoms with Crippen molar-refractivity contribution in [1.82, 2.24) is 9.97 Å². The molecule has 0 fully saturated rings. The van der Waals surface area contributed by atoms with Gasteiger partial charge in [0, 0.05) is 0 Å². The smallest absolute Gasteiger partial charge is 0.247 e. The van der Waals surface area contributed by atoms with Crippen molar-refractivity contribution in [2.75, 3.05) is 5.73 Å². The van der Waals surface area contributed by atoms with E-state index in [9.17, 15) is 10.2 Å². The number of aromatic hydroxyl groups is 2. The Kier molecular flexibility index (Phi) is 2.17. The summed E-state index contributed by atoms with van der Waals surface area (Å²) < 4.78 is 0.869. The molecule has 2 aromatic heterocycles. The fourth-order valence-corrected chi connectivity index (χ4v) is 3.16. The van der Waals surface area contributed by atoms with Crippen LogP contribution in [0.5, 0.6) is 11.6 Å². The summed E-state index contributed by atoms with van der Waals surface area (Å²) >= 11 is 2.59. The summed E-state index contributed by atoms with van der Waals surface area (Å²) in [6.45, 7) is 0. The first-order valence-electron chi connectivity index (χ1n) is 4.68. The van der Waals surface area contributed by atoms with E-state index in [1.54, 1.807) is 18.2 Å². The lowest BCUT2D eigenvalue weighted by atomic mass is 10.3. The van der Waals surface area contributed by atoms with E-state index in [2.05, 4.69) is 9.97 Å². The van der Waals surface area contributed by atoms with E-state index in [4.69, 9.17) is 5.73 Å². The molecule has 5 nitrogen and oxygen atoms in total. The molecule has 0 saturated heterocycles. The zero-order valence-electron chi connectivity index (χ0n) is 8.41. The van der Waals surface area contributed by atoms with Crippen LogP contribution in [0.15, 0.2) is 18.2 Å². The number of nitrogens with two attached hydrogens (primary N) is 1. The topological polar surface area (TPSA) is 92.3 Å². The highest BCUT2D eigenvalue weighted by atomic mass is 32.1. The predicted octanol–water partition coefficient (Wildman–Crippen LogP) is 2.41. The van der Waals surface area contributed by atoms with Gasteiger partial charge in [0.15, 0.2) is 15.0 Å². The first-order chi connectivity index (χ1) is 8.13. The van der Waals surface area contributed by atoms with Gasteiger partial charge in [0.2, 0.25) is 5.88 Å². The molecule has 0 saturated carbocycles. The lowest BCUT2D eigenvalue weighted by molar-refractivity contribution is 0.460. The summed E-state index contributed by atoms with van der Waals surface area (Å²) in [6.07, 6.45) is 0. The van der Waals surface area contributed by atoms with Crippen LogP contribution in [0, 0.1) is 0 Å². The third-order valence-electron chi connectivity index (χ3n) is 2.19. The van der Waals surface area contributed by atoms with Gasteiger partial charge < -0.3 is 15.9 Å². The number of nitrogens with zero attached hydrogens (tertiary/aromatic N) is 2. The van der Waals surface area contributed by atoms with Gasteiger partial charge in [-0.1, -0.05) is 11.3 Å². The van der Waals surface area contributed by atoms with Gasteiger partial charge in [0.25, 0.3) is 0 Å². The van der Waals surface area contributed by atoms with Crippen molar-refractivity contribution in [3.8, 4) is 21.6 Å². The van der Waals surface area contributed by atoms with E-state index < -0.39 is 0 Å². The SMILES string of the molecule is Nc1sc(-c2nc3ccc(O)cc3s2)nc1O. The largest absolute Gasteiger partial charge is 0.508 e. The third kappa shape index (κ3) is 1.69. The second kappa shape index (κ2) is 3.57. The van der Waals surface area contributed by atoms with Crippen molar-refractivity contribution >= 4 is 37.9 Å². The minimum absolute atomic E-state index is 0.160. The molecule has 86 valence electrons. The Morgan fingerprint density at radius 1 is 1.06 bits per heavy atom. The number of aromatic nitrogens is 2. The molecule has 0 aliphatic rings. The number of hydrogen-bond donors (Lipinski definition) is 3. The van der Waals surface area contributed by atoms with E-state index >= 15 is 0 Å². The van der Waals surface area contributed by atoms with Crippen LogP contribution < -0.4 is 5.73 Å². The van der Waals surface area contributed by atoms with Crippen LogP contribution in [0.4, 0.5) is 5.00 Å². The molecule has 0 aliphatic carbocycles. The van der Waals surface area contributed by atoms with E-state index in [0.717, 1.165) is 10.2 Å². The van der Waals surface area contributed by atoms with Gasteiger partial charge in [0.05, 0.1) is 10.2 Å². The first-order valence-corrected chi connectivity index (χ1v) is 6.32.